The molecular weight excluding hydrogens is 388 g/mol. The molecule has 0 aliphatic heterocycles. The topological polar surface area (TPSA) is 86.2 Å². The van der Waals surface area contributed by atoms with Gasteiger partial charge in [0.05, 0.1) is 16.2 Å². The fraction of sp³-hybridized carbons (Fsp3) is 0.130. The zero-order valence-electron chi connectivity index (χ0n) is 15.5. The molecule has 0 bridgehead atoms. The van der Waals surface area contributed by atoms with Crippen LogP contribution in [0.25, 0.3) is 33.2 Å². The summed E-state index contributed by atoms with van der Waals surface area (Å²) in [5.41, 5.74) is 5.19. The highest BCUT2D eigenvalue weighted by atomic mass is 35.5. The number of para-hydroxylation sites is 1. The molecule has 0 fully saturated rings. The first-order valence-corrected chi connectivity index (χ1v) is 9.68. The Kier molecular flexibility index (Phi) is 5.23. The molecule has 6 heteroatoms. The van der Waals surface area contributed by atoms with Crippen molar-refractivity contribution in [2.24, 2.45) is 0 Å². The summed E-state index contributed by atoms with van der Waals surface area (Å²) < 4.78 is 0. The lowest BCUT2D eigenvalue weighted by molar-refractivity contribution is -0.137. The number of H-pyrrole nitrogens is 1. The third-order valence-electron chi connectivity index (χ3n) is 4.94. The molecule has 3 aromatic carbocycles. The summed E-state index contributed by atoms with van der Waals surface area (Å²) in [5.74, 6) is -0.567. The minimum absolute atomic E-state index is 0.114. The van der Waals surface area contributed by atoms with Gasteiger partial charge in [-0.1, -0.05) is 54.1 Å². The molecule has 0 atom stereocenters. The minimum Gasteiger partial charge on any atom is -0.507 e. The number of hydrogen-bond donors (Lipinski definition) is 3. The number of aromatic amines is 1. The van der Waals surface area contributed by atoms with Crippen LogP contribution in [0.1, 0.15) is 18.5 Å². The zero-order valence-corrected chi connectivity index (χ0v) is 16.3. The Balaban J connectivity index is 1.67. The van der Waals surface area contributed by atoms with Gasteiger partial charge in [0.2, 0.25) is 0 Å². The molecule has 1 aromatic heterocycles. The number of phenolic OH excluding ortho intramolecular Hbond substituents is 1. The number of halogens is 1. The number of nitrogens with zero attached hydrogens (tertiary/aromatic N) is 1. The number of hydrogen-bond acceptors (Lipinski definition) is 3. The molecule has 4 aromatic rings. The molecule has 0 amide bonds. The smallest absolute Gasteiger partial charge is 0.303 e. The van der Waals surface area contributed by atoms with Crippen molar-refractivity contribution >= 4 is 28.5 Å². The maximum atomic E-state index is 10.8. The van der Waals surface area contributed by atoms with Crippen LogP contribution in [0.15, 0.2) is 60.7 Å². The second-order valence-electron chi connectivity index (χ2n) is 6.89. The average molecular weight is 407 g/mol. The van der Waals surface area contributed by atoms with Crippen LogP contribution in [-0.4, -0.2) is 26.4 Å². The van der Waals surface area contributed by atoms with Crippen LogP contribution in [0.4, 0.5) is 0 Å². The van der Waals surface area contributed by atoms with Crippen LogP contribution in [0.5, 0.6) is 5.75 Å². The van der Waals surface area contributed by atoms with E-state index in [-0.39, 0.29) is 12.2 Å². The summed E-state index contributed by atoms with van der Waals surface area (Å²) in [5, 5.41) is 27.8. The molecule has 0 spiro atoms. The number of nitrogens with one attached hydrogen (secondary N) is 1. The number of phenols is 1. The van der Waals surface area contributed by atoms with E-state index in [0.29, 0.717) is 17.9 Å². The maximum Gasteiger partial charge on any atom is 0.303 e. The summed E-state index contributed by atoms with van der Waals surface area (Å²) in [6, 6.07) is 18.9. The van der Waals surface area contributed by atoms with Gasteiger partial charge in [-0.05, 0) is 42.2 Å². The van der Waals surface area contributed by atoms with E-state index in [4.69, 9.17) is 16.7 Å². The molecule has 0 radical (unpaired) electrons. The Morgan fingerprint density at radius 1 is 1.00 bits per heavy atom. The van der Waals surface area contributed by atoms with Gasteiger partial charge in [0, 0.05) is 22.9 Å². The Bertz CT molecular complexity index is 1180. The van der Waals surface area contributed by atoms with Crippen LogP contribution in [0, 0.1) is 0 Å². The predicted octanol–water partition coefficient (Wildman–Crippen LogP) is 5.66. The zero-order chi connectivity index (χ0) is 20.4. The number of fused-ring (bicyclic) bond motifs is 1. The molecule has 0 saturated heterocycles. The minimum atomic E-state index is -0.807. The summed E-state index contributed by atoms with van der Waals surface area (Å²) in [6.45, 7) is 0. The van der Waals surface area contributed by atoms with Crippen molar-refractivity contribution in [3.8, 4) is 28.0 Å². The van der Waals surface area contributed by atoms with Crippen molar-refractivity contribution < 1.29 is 15.0 Å². The third-order valence-corrected chi connectivity index (χ3v) is 5.26. The molecule has 5 nitrogen and oxygen atoms in total. The number of benzene rings is 3. The number of rotatable bonds is 6. The van der Waals surface area contributed by atoms with E-state index in [1.807, 2.05) is 48.5 Å². The Hall–Kier alpha value is -3.31. The van der Waals surface area contributed by atoms with E-state index in [0.717, 1.165) is 38.9 Å². The summed E-state index contributed by atoms with van der Waals surface area (Å²) in [7, 11) is 0. The van der Waals surface area contributed by atoms with Gasteiger partial charge in [0.25, 0.3) is 0 Å². The Morgan fingerprint density at radius 3 is 2.38 bits per heavy atom. The first kappa shape index (κ1) is 19.0. The highest BCUT2D eigenvalue weighted by Gasteiger charge is 2.12. The highest BCUT2D eigenvalue weighted by molar-refractivity contribution is 6.34. The van der Waals surface area contributed by atoms with Gasteiger partial charge in [-0.3, -0.25) is 9.89 Å². The summed E-state index contributed by atoms with van der Waals surface area (Å²) in [6.07, 6.45) is 1.23. The molecule has 0 aliphatic carbocycles. The first-order valence-electron chi connectivity index (χ1n) is 9.30. The van der Waals surface area contributed by atoms with Gasteiger partial charge < -0.3 is 10.2 Å². The van der Waals surface area contributed by atoms with Gasteiger partial charge in [0.1, 0.15) is 5.75 Å². The number of carboxylic acids is 1. The van der Waals surface area contributed by atoms with Crippen molar-refractivity contribution in [2.45, 2.75) is 19.3 Å². The molecule has 146 valence electrons. The van der Waals surface area contributed by atoms with Gasteiger partial charge >= 0.3 is 5.97 Å². The number of aryl methyl sites for hydroxylation is 1. The van der Waals surface area contributed by atoms with Crippen LogP contribution in [0.3, 0.4) is 0 Å². The van der Waals surface area contributed by atoms with Gasteiger partial charge in [-0.2, -0.15) is 5.10 Å². The lowest BCUT2D eigenvalue weighted by atomic mass is 9.98. The van der Waals surface area contributed by atoms with E-state index in [1.54, 1.807) is 12.1 Å². The van der Waals surface area contributed by atoms with Crippen LogP contribution >= 0.6 is 11.6 Å². The van der Waals surface area contributed by atoms with Crippen molar-refractivity contribution in [3.63, 3.8) is 0 Å². The molecule has 3 N–H and O–H groups in total. The average Bonchev–Trinajstić information content (AvgIpc) is 3.09. The monoisotopic (exact) mass is 406 g/mol. The first-order chi connectivity index (χ1) is 14.0. The molecular formula is C23H19ClN2O3. The van der Waals surface area contributed by atoms with Crippen molar-refractivity contribution in [1.29, 1.82) is 0 Å². The Morgan fingerprint density at radius 2 is 1.69 bits per heavy atom. The summed E-state index contributed by atoms with van der Waals surface area (Å²) >= 11 is 6.51. The van der Waals surface area contributed by atoms with Crippen molar-refractivity contribution in [2.75, 3.05) is 0 Å². The fourth-order valence-electron chi connectivity index (χ4n) is 3.46. The molecule has 0 saturated carbocycles. The summed E-state index contributed by atoms with van der Waals surface area (Å²) in [4.78, 5) is 10.8. The highest BCUT2D eigenvalue weighted by Crippen LogP contribution is 2.35. The third kappa shape index (κ3) is 3.96. The van der Waals surface area contributed by atoms with E-state index >= 15 is 0 Å². The molecule has 0 unspecified atom stereocenters. The van der Waals surface area contributed by atoms with Gasteiger partial charge in [-0.25, -0.2) is 0 Å². The largest absolute Gasteiger partial charge is 0.507 e. The number of carbonyl (C=O) groups is 1. The SMILES string of the molecule is O=C(O)CCCc1n[nH]c2cc(Cl)c(-c3ccc(-c4ccccc4O)cc3)cc12. The van der Waals surface area contributed by atoms with Gasteiger partial charge in [0.15, 0.2) is 0 Å². The maximum absolute atomic E-state index is 10.8. The second-order valence-corrected chi connectivity index (χ2v) is 7.30. The number of aromatic hydroxyl groups is 1. The quantitative estimate of drug-likeness (QED) is 0.385. The van der Waals surface area contributed by atoms with Crippen LogP contribution < -0.4 is 0 Å². The molecule has 4 rings (SSSR count). The van der Waals surface area contributed by atoms with E-state index < -0.39 is 5.97 Å². The van der Waals surface area contributed by atoms with Crippen LogP contribution in [0.2, 0.25) is 5.02 Å². The molecule has 1 heterocycles. The van der Waals surface area contributed by atoms with Crippen LogP contribution in [-0.2, 0) is 11.2 Å². The van der Waals surface area contributed by atoms with E-state index in [9.17, 15) is 9.90 Å². The normalized spacial score (nSPS) is 11.1. The van der Waals surface area contributed by atoms with Gasteiger partial charge in [-0.15, -0.1) is 0 Å². The predicted molar refractivity (Wildman–Crippen MR) is 114 cm³/mol. The number of aliphatic carboxylic acids is 1. The number of aromatic nitrogens is 2. The second kappa shape index (κ2) is 7.97. The Labute approximate surface area is 172 Å². The molecule has 29 heavy (non-hydrogen) atoms. The number of carboxylic acid groups (broad SMARTS) is 1. The standard InChI is InChI=1S/C23H19ClN2O3/c24-19-13-21-18(20(25-26-21)5-3-7-23(28)29)12-17(19)15-10-8-14(9-11-15)16-4-1-2-6-22(16)27/h1-2,4,6,8-13,27H,3,5,7H2,(H,25,26)(H,28,29). The lowest BCUT2D eigenvalue weighted by Gasteiger charge is -2.09. The lowest BCUT2D eigenvalue weighted by Crippen LogP contribution is -1.96. The molecule has 0 aliphatic rings. The van der Waals surface area contributed by atoms with E-state index in [1.165, 1.54) is 0 Å². The fourth-order valence-corrected chi connectivity index (χ4v) is 3.73. The van der Waals surface area contributed by atoms with Crippen molar-refractivity contribution in [3.05, 3.63) is 71.4 Å². The van der Waals surface area contributed by atoms with Crippen molar-refractivity contribution in [1.82, 2.24) is 10.2 Å². The van der Waals surface area contributed by atoms with E-state index in [2.05, 4.69) is 10.2 Å².